The van der Waals surface area contributed by atoms with E-state index in [4.69, 9.17) is 11.6 Å². The van der Waals surface area contributed by atoms with Crippen molar-refractivity contribution in [1.82, 2.24) is 10.3 Å². The van der Waals surface area contributed by atoms with Gasteiger partial charge >= 0.3 is 0 Å². The Kier molecular flexibility index (Phi) is 6.89. The van der Waals surface area contributed by atoms with Crippen LogP contribution in [0.4, 0.5) is 5.82 Å². The van der Waals surface area contributed by atoms with Crippen LogP contribution in [0.3, 0.4) is 0 Å². The van der Waals surface area contributed by atoms with E-state index < -0.39 is 0 Å². The van der Waals surface area contributed by atoms with E-state index in [1.54, 1.807) is 0 Å². The van der Waals surface area contributed by atoms with Crippen LogP contribution in [0.15, 0.2) is 42.6 Å². The molecule has 4 nitrogen and oxygen atoms in total. The van der Waals surface area contributed by atoms with Gasteiger partial charge in [0.15, 0.2) is 0 Å². The summed E-state index contributed by atoms with van der Waals surface area (Å²) >= 11 is 5.89. The number of aromatic nitrogens is 1. The van der Waals surface area contributed by atoms with Gasteiger partial charge in [0.2, 0.25) is 5.91 Å². The predicted molar refractivity (Wildman–Crippen MR) is 107 cm³/mol. The largest absolute Gasteiger partial charge is 0.356 e. The molecule has 138 valence electrons. The molecule has 1 aromatic carbocycles. The van der Waals surface area contributed by atoms with E-state index >= 15 is 0 Å². The van der Waals surface area contributed by atoms with Crippen LogP contribution in [0.1, 0.15) is 43.2 Å². The summed E-state index contributed by atoms with van der Waals surface area (Å²) in [6, 6.07) is 11.8. The summed E-state index contributed by atoms with van der Waals surface area (Å²) in [5.74, 6) is 1.11. The Morgan fingerprint density at radius 1 is 1.12 bits per heavy atom. The molecule has 1 aliphatic heterocycles. The van der Waals surface area contributed by atoms with E-state index in [1.807, 2.05) is 36.5 Å². The molecule has 1 amide bonds. The molecule has 0 unspecified atom stereocenters. The Morgan fingerprint density at radius 2 is 1.88 bits per heavy atom. The first kappa shape index (κ1) is 18.7. The van der Waals surface area contributed by atoms with Crippen LogP contribution in [-0.2, 0) is 17.8 Å². The Bertz CT molecular complexity index is 711. The van der Waals surface area contributed by atoms with Crippen molar-refractivity contribution >= 4 is 23.3 Å². The maximum absolute atomic E-state index is 12.2. The van der Waals surface area contributed by atoms with E-state index in [2.05, 4.69) is 21.3 Å². The highest BCUT2D eigenvalue weighted by Gasteiger charge is 2.15. The van der Waals surface area contributed by atoms with Gasteiger partial charge in [-0.15, -0.1) is 0 Å². The first-order valence-corrected chi connectivity index (χ1v) is 9.80. The summed E-state index contributed by atoms with van der Waals surface area (Å²) in [7, 11) is 0. The highest BCUT2D eigenvalue weighted by molar-refractivity contribution is 6.30. The standard InChI is InChI=1S/C21H26ClN3O/c22-19-11-9-17(10-12-19)6-4-8-20(26)24-16-18-7-5-13-23-21(18)25-14-2-1-3-15-25/h5,7,9-13H,1-4,6,8,14-16H2,(H,24,26). The van der Waals surface area contributed by atoms with Gasteiger partial charge in [-0.05, 0) is 55.9 Å². The molecule has 1 saturated heterocycles. The molecule has 0 saturated carbocycles. The molecule has 1 fully saturated rings. The van der Waals surface area contributed by atoms with E-state index in [0.717, 1.165) is 42.3 Å². The lowest BCUT2D eigenvalue weighted by Crippen LogP contribution is -2.32. The van der Waals surface area contributed by atoms with Crippen LogP contribution in [0.2, 0.25) is 5.02 Å². The third kappa shape index (κ3) is 5.46. The smallest absolute Gasteiger partial charge is 0.220 e. The average Bonchev–Trinajstić information content (AvgIpc) is 2.69. The molecule has 1 aromatic heterocycles. The topological polar surface area (TPSA) is 45.2 Å². The van der Waals surface area contributed by atoms with Crippen molar-refractivity contribution in [2.45, 2.75) is 45.1 Å². The van der Waals surface area contributed by atoms with Gasteiger partial charge in [0.05, 0.1) is 0 Å². The number of benzene rings is 1. The van der Waals surface area contributed by atoms with Crippen molar-refractivity contribution in [2.24, 2.45) is 0 Å². The van der Waals surface area contributed by atoms with Crippen molar-refractivity contribution in [1.29, 1.82) is 0 Å². The molecule has 26 heavy (non-hydrogen) atoms. The number of hydrogen-bond donors (Lipinski definition) is 1. The summed E-state index contributed by atoms with van der Waals surface area (Å²) < 4.78 is 0. The number of aryl methyl sites for hydroxylation is 1. The molecular formula is C21H26ClN3O. The number of rotatable bonds is 7. The van der Waals surface area contributed by atoms with Crippen LogP contribution in [0.25, 0.3) is 0 Å². The number of piperidine rings is 1. The first-order valence-electron chi connectivity index (χ1n) is 9.42. The Morgan fingerprint density at radius 3 is 2.65 bits per heavy atom. The Balaban J connectivity index is 1.46. The highest BCUT2D eigenvalue weighted by atomic mass is 35.5. The third-order valence-corrected chi connectivity index (χ3v) is 5.03. The molecule has 2 aromatic rings. The number of amides is 1. The summed E-state index contributed by atoms with van der Waals surface area (Å²) in [5, 5.41) is 3.79. The average molecular weight is 372 g/mol. The van der Waals surface area contributed by atoms with Gasteiger partial charge in [0, 0.05) is 42.8 Å². The van der Waals surface area contributed by atoms with Crippen LogP contribution in [0.5, 0.6) is 0 Å². The maximum Gasteiger partial charge on any atom is 0.220 e. The zero-order valence-corrected chi connectivity index (χ0v) is 15.8. The van der Waals surface area contributed by atoms with Gasteiger partial charge in [-0.25, -0.2) is 4.98 Å². The molecule has 0 radical (unpaired) electrons. The fourth-order valence-corrected chi connectivity index (χ4v) is 3.47. The molecular weight excluding hydrogens is 346 g/mol. The first-order chi connectivity index (χ1) is 12.7. The van der Waals surface area contributed by atoms with Crippen LogP contribution in [0, 0.1) is 0 Å². The van der Waals surface area contributed by atoms with Crippen LogP contribution < -0.4 is 10.2 Å². The molecule has 0 bridgehead atoms. The van der Waals surface area contributed by atoms with E-state index in [9.17, 15) is 4.79 Å². The molecule has 5 heteroatoms. The monoisotopic (exact) mass is 371 g/mol. The van der Waals surface area contributed by atoms with Gasteiger partial charge in [-0.3, -0.25) is 4.79 Å². The summed E-state index contributed by atoms with van der Waals surface area (Å²) in [6.07, 6.45) is 7.81. The molecule has 1 aliphatic rings. The number of hydrogen-bond acceptors (Lipinski definition) is 3. The second kappa shape index (κ2) is 9.58. The van der Waals surface area contributed by atoms with E-state index in [1.165, 1.54) is 24.8 Å². The lowest BCUT2D eigenvalue weighted by Gasteiger charge is -2.29. The molecule has 2 heterocycles. The molecule has 0 spiro atoms. The number of carbonyl (C=O) groups is 1. The Labute approximate surface area is 160 Å². The van der Waals surface area contributed by atoms with Crippen molar-refractivity contribution in [3.63, 3.8) is 0 Å². The van der Waals surface area contributed by atoms with Gasteiger partial charge < -0.3 is 10.2 Å². The minimum Gasteiger partial charge on any atom is -0.356 e. The summed E-state index contributed by atoms with van der Waals surface area (Å²) in [6.45, 7) is 2.65. The third-order valence-electron chi connectivity index (χ3n) is 4.78. The lowest BCUT2D eigenvalue weighted by atomic mass is 10.1. The molecule has 0 aliphatic carbocycles. The Hall–Kier alpha value is -2.07. The fourth-order valence-electron chi connectivity index (χ4n) is 3.35. The van der Waals surface area contributed by atoms with Crippen molar-refractivity contribution in [3.05, 3.63) is 58.7 Å². The summed E-state index contributed by atoms with van der Waals surface area (Å²) in [4.78, 5) is 19.1. The zero-order valence-electron chi connectivity index (χ0n) is 15.1. The molecule has 1 N–H and O–H groups in total. The number of pyridine rings is 1. The van der Waals surface area contributed by atoms with Crippen LogP contribution >= 0.6 is 11.6 Å². The number of halogens is 1. The van der Waals surface area contributed by atoms with Gasteiger partial charge in [0.1, 0.15) is 5.82 Å². The van der Waals surface area contributed by atoms with Crippen molar-refractivity contribution in [3.8, 4) is 0 Å². The van der Waals surface area contributed by atoms with Crippen molar-refractivity contribution < 1.29 is 4.79 Å². The second-order valence-corrected chi connectivity index (χ2v) is 7.23. The van der Waals surface area contributed by atoms with Gasteiger partial charge in [-0.2, -0.15) is 0 Å². The van der Waals surface area contributed by atoms with E-state index in [-0.39, 0.29) is 5.91 Å². The number of carbonyl (C=O) groups excluding carboxylic acids is 1. The lowest BCUT2D eigenvalue weighted by molar-refractivity contribution is -0.121. The highest BCUT2D eigenvalue weighted by Crippen LogP contribution is 2.21. The van der Waals surface area contributed by atoms with Gasteiger partial charge in [-0.1, -0.05) is 29.8 Å². The minimum atomic E-state index is 0.0902. The quantitative estimate of drug-likeness (QED) is 0.786. The van der Waals surface area contributed by atoms with E-state index in [0.29, 0.717) is 13.0 Å². The van der Waals surface area contributed by atoms with Gasteiger partial charge in [0.25, 0.3) is 0 Å². The van der Waals surface area contributed by atoms with Crippen molar-refractivity contribution in [2.75, 3.05) is 18.0 Å². The van der Waals surface area contributed by atoms with Crippen LogP contribution in [-0.4, -0.2) is 24.0 Å². The minimum absolute atomic E-state index is 0.0902. The zero-order chi connectivity index (χ0) is 18.2. The number of anilines is 1. The number of nitrogens with one attached hydrogen (secondary N) is 1. The molecule has 0 atom stereocenters. The second-order valence-electron chi connectivity index (χ2n) is 6.79. The summed E-state index contributed by atoms with van der Waals surface area (Å²) in [5.41, 5.74) is 2.31. The molecule has 3 rings (SSSR count). The SMILES string of the molecule is O=C(CCCc1ccc(Cl)cc1)NCc1cccnc1N1CCCCC1. The normalized spacial score (nSPS) is 14.3. The predicted octanol–water partition coefficient (Wildman–Crippen LogP) is 4.36. The maximum atomic E-state index is 12.2. The fraction of sp³-hybridized carbons (Fsp3) is 0.429. The number of nitrogens with zero attached hydrogens (tertiary/aromatic N) is 2.